The number of phenolic OH excluding ortho intramolecular Hbond substituents is 1. The molecule has 0 atom stereocenters. The smallest absolute Gasteiger partial charge is 0.145 e. The summed E-state index contributed by atoms with van der Waals surface area (Å²) in [6.07, 6.45) is 0.627. The molecule has 0 spiro atoms. The highest BCUT2D eigenvalue weighted by atomic mass is 35.5. The summed E-state index contributed by atoms with van der Waals surface area (Å²) in [6, 6.07) is 2.48. The van der Waals surface area contributed by atoms with Gasteiger partial charge >= 0.3 is 0 Å². The van der Waals surface area contributed by atoms with Crippen LogP contribution in [0.3, 0.4) is 0 Å². The van der Waals surface area contributed by atoms with Crippen LogP contribution in [0.25, 0.3) is 0 Å². The molecule has 72 valence electrons. The zero-order chi connectivity index (χ0) is 9.84. The maximum absolute atomic E-state index is 12.8. The Morgan fingerprint density at radius 1 is 1.54 bits per heavy atom. The van der Waals surface area contributed by atoms with Crippen LogP contribution in [0, 0.1) is 5.82 Å². The minimum Gasteiger partial charge on any atom is -0.508 e. The predicted molar refractivity (Wildman–Crippen MR) is 50.7 cm³/mol. The highest BCUT2D eigenvalue weighted by Gasteiger charge is 2.06. The van der Waals surface area contributed by atoms with Gasteiger partial charge in [-0.1, -0.05) is 11.6 Å². The summed E-state index contributed by atoms with van der Waals surface area (Å²) in [5.74, 6) is -0.635. The van der Waals surface area contributed by atoms with Crippen molar-refractivity contribution in [1.82, 2.24) is 5.32 Å². The highest BCUT2D eigenvalue weighted by Crippen LogP contribution is 2.24. The fraction of sp³-hybridized carbons (Fsp3) is 0.333. The van der Waals surface area contributed by atoms with Crippen LogP contribution in [0.1, 0.15) is 5.56 Å². The van der Waals surface area contributed by atoms with Crippen molar-refractivity contribution in [3.8, 4) is 5.75 Å². The zero-order valence-electron chi connectivity index (χ0n) is 7.27. The standard InChI is InChI=1S/C9H11ClFNO/c1-12-3-2-6-4-7(10)8(11)5-9(6)13/h4-5,12-13H,2-3H2,1H3. The fourth-order valence-electron chi connectivity index (χ4n) is 1.04. The Hall–Kier alpha value is -0.800. The molecule has 0 aliphatic heterocycles. The lowest BCUT2D eigenvalue weighted by molar-refractivity contribution is 0.461. The number of likely N-dealkylation sites (N-methyl/N-ethyl adjacent to an activating group) is 1. The lowest BCUT2D eigenvalue weighted by atomic mass is 10.1. The lowest BCUT2D eigenvalue weighted by Gasteiger charge is -2.05. The van der Waals surface area contributed by atoms with Crippen LogP contribution in [0.5, 0.6) is 5.75 Å². The highest BCUT2D eigenvalue weighted by molar-refractivity contribution is 6.30. The van der Waals surface area contributed by atoms with Crippen LogP contribution in [0.15, 0.2) is 12.1 Å². The van der Waals surface area contributed by atoms with Gasteiger partial charge < -0.3 is 10.4 Å². The molecule has 0 unspecified atom stereocenters. The number of hydrogen-bond donors (Lipinski definition) is 2. The Kier molecular flexibility index (Phi) is 3.51. The molecule has 1 aromatic rings. The fourth-order valence-corrected chi connectivity index (χ4v) is 1.22. The van der Waals surface area contributed by atoms with Crippen molar-refractivity contribution in [3.05, 3.63) is 28.5 Å². The Labute approximate surface area is 81.3 Å². The molecule has 0 aromatic heterocycles. The normalized spacial score (nSPS) is 10.4. The van der Waals surface area contributed by atoms with E-state index in [9.17, 15) is 9.50 Å². The summed E-state index contributed by atoms with van der Waals surface area (Å²) < 4.78 is 12.8. The van der Waals surface area contributed by atoms with Gasteiger partial charge in [0.1, 0.15) is 11.6 Å². The summed E-state index contributed by atoms with van der Waals surface area (Å²) in [5, 5.41) is 12.3. The molecule has 0 bridgehead atoms. The Bertz CT molecular complexity index is 304. The molecule has 0 aliphatic rings. The molecule has 2 N–H and O–H groups in total. The van der Waals surface area contributed by atoms with Crippen molar-refractivity contribution in [3.63, 3.8) is 0 Å². The average Bonchev–Trinajstić information content (AvgIpc) is 2.09. The summed E-state index contributed by atoms with van der Waals surface area (Å²) in [6.45, 7) is 0.718. The summed E-state index contributed by atoms with van der Waals surface area (Å²) in [5.41, 5.74) is 0.653. The van der Waals surface area contributed by atoms with Crippen molar-refractivity contribution in [2.45, 2.75) is 6.42 Å². The van der Waals surface area contributed by atoms with E-state index in [1.807, 2.05) is 7.05 Å². The molecule has 0 heterocycles. The van der Waals surface area contributed by atoms with Gasteiger partial charge in [0.05, 0.1) is 5.02 Å². The van der Waals surface area contributed by atoms with Crippen molar-refractivity contribution >= 4 is 11.6 Å². The summed E-state index contributed by atoms with van der Waals surface area (Å²) in [4.78, 5) is 0. The minimum absolute atomic E-state index is 0.0443. The second-order valence-electron chi connectivity index (χ2n) is 2.75. The van der Waals surface area contributed by atoms with Gasteiger partial charge in [0.25, 0.3) is 0 Å². The van der Waals surface area contributed by atoms with Gasteiger partial charge in [-0.3, -0.25) is 0 Å². The number of phenols is 1. The first kappa shape index (κ1) is 10.3. The topological polar surface area (TPSA) is 32.3 Å². The van der Waals surface area contributed by atoms with E-state index in [1.165, 1.54) is 6.07 Å². The van der Waals surface area contributed by atoms with Gasteiger partial charge in [-0.15, -0.1) is 0 Å². The first-order valence-electron chi connectivity index (χ1n) is 3.96. The summed E-state index contributed by atoms with van der Waals surface area (Å²) in [7, 11) is 1.81. The van der Waals surface area contributed by atoms with Crippen LogP contribution < -0.4 is 5.32 Å². The van der Waals surface area contributed by atoms with Gasteiger partial charge in [0.15, 0.2) is 0 Å². The molecule has 0 fully saturated rings. The number of benzene rings is 1. The van der Waals surface area contributed by atoms with Crippen LogP contribution in [0.2, 0.25) is 5.02 Å². The van der Waals surface area contributed by atoms with Gasteiger partial charge in [-0.05, 0) is 31.6 Å². The Morgan fingerprint density at radius 3 is 2.85 bits per heavy atom. The minimum atomic E-state index is -0.590. The molecule has 1 aromatic carbocycles. The quantitative estimate of drug-likeness (QED) is 0.787. The van der Waals surface area contributed by atoms with E-state index < -0.39 is 5.82 Å². The monoisotopic (exact) mass is 203 g/mol. The van der Waals surface area contributed by atoms with E-state index in [-0.39, 0.29) is 10.8 Å². The molecule has 13 heavy (non-hydrogen) atoms. The van der Waals surface area contributed by atoms with Crippen LogP contribution in [0.4, 0.5) is 4.39 Å². The number of nitrogens with one attached hydrogen (secondary N) is 1. The first-order chi connectivity index (χ1) is 6.15. The molecule has 4 heteroatoms. The zero-order valence-corrected chi connectivity index (χ0v) is 8.03. The molecule has 0 saturated carbocycles. The SMILES string of the molecule is CNCCc1cc(Cl)c(F)cc1O. The molecule has 1 rings (SSSR count). The third-order valence-corrected chi connectivity index (χ3v) is 2.06. The van der Waals surface area contributed by atoms with Crippen molar-refractivity contribution in [1.29, 1.82) is 0 Å². The number of halogens is 2. The number of rotatable bonds is 3. The van der Waals surface area contributed by atoms with E-state index in [0.29, 0.717) is 12.0 Å². The maximum atomic E-state index is 12.8. The Morgan fingerprint density at radius 2 is 2.23 bits per heavy atom. The van der Waals surface area contributed by atoms with Crippen molar-refractivity contribution < 1.29 is 9.50 Å². The van der Waals surface area contributed by atoms with E-state index >= 15 is 0 Å². The van der Waals surface area contributed by atoms with E-state index in [0.717, 1.165) is 12.6 Å². The molecule has 0 amide bonds. The second kappa shape index (κ2) is 4.44. The van der Waals surface area contributed by atoms with E-state index in [1.54, 1.807) is 0 Å². The molecule has 0 saturated heterocycles. The molecule has 2 nitrogen and oxygen atoms in total. The molecule has 0 radical (unpaired) electrons. The van der Waals surface area contributed by atoms with Gasteiger partial charge in [0, 0.05) is 6.07 Å². The molecular formula is C9H11ClFNO. The van der Waals surface area contributed by atoms with E-state index in [4.69, 9.17) is 11.6 Å². The Balaban J connectivity index is 2.88. The van der Waals surface area contributed by atoms with E-state index in [2.05, 4.69) is 5.32 Å². The van der Waals surface area contributed by atoms with Gasteiger partial charge in [-0.2, -0.15) is 0 Å². The molecular weight excluding hydrogens is 193 g/mol. The number of hydrogen-bond acceptors (Lipinski definition) is 2. The second-order valence-corrected chi connectivity index (χ2v) is 3.16. The maximum Gasteiger partial charge on any atom is 0.145 e. The predicted octanol–water partition coefficient (Wildman–Crippen LogP) is 1.95. The van der Waals surface area contributed by atoms with Crippen molar-refractivity contribution in [2.24, 2.45) is 0 Å². The van der Waals surface area contributed by atoms with Gasteiger partial charge in [-0.25, -0.2) is 4.39 Å². The van der Waals surface area contributed by atoms with Crippen LogP contribution in [-0.2, 0) is 6.42 Å². The summed E-state index contributed by atoms with van der Waals surface area (Å²) >= 11 is 5.56. The molecule has 0 aliphatic carbocycles. The number of aromatic hydroxyl groups is 1. The average molecular weight is 204 g/mol. The lowest BCUT2D eigenvalue weighted by Crippen LogP contribution is -2.10. The third-order valence-electron chi connectivity index (χ3n) is 1.77. The first-order valence-corrected chi connectivity index (χ1v) is 4.34. The van der Waals surface area contributed by atoms with Crippen LogP contribution in [-0.4, -0.2) is 18.7 Å². The largest absolute Gasteiger partial charge is 0.508 e. The van der Waals surface area contributed by atoms with Crippen LogP contribution >= 0.6 is 11.6 Å². The third kappa shape index (κ3) is 2.57. The van der Waals surface area contributed by atoms with Gasteiger partial charge in [0.2, 0.25) is 0 Å². The van der Waals surface area contributed by atoms with Crippen molar-refractivity contribution in [2.75, 3.05) is 13.6 Å².